The first-order valence-electron chi connectivity index (χ1n) is 11.9. The number of hydrogen-bond acceptors (Lipinski definition) is 7. The van der Waals surface area contributed by atoms with E-state index in [9.17, 15) is 19.2 Å². The molecule has 3 atom stereocenters. The highest BCUT2D eigenvalue weighted by molar-refractivity contribution is 6.02. The van der Waals surface area contributed by atoms with Crippen molar-refractivity contribution in [2.45, 2.75) is 12.2 Å². The minimum Gasteiger partial charge on any atom is -0.465 e. The summed E-state index contributed by atoms with van der Waals surface area (Å²) in [6.45, 7) is 0.0839. The average molecular weight is 513 g/mol. The number of amides is 3. The molecule has 5 rings (SSSR count). The van der Waals surface area contributed by atoms with Crippen LogP contribution < -0.4 is 4.74 Å². The fourth-order valence-electron chi connectivity index (χ4n) is 4.54. The number of benzene rings is 3. The summed E-state index contributed by atoms with van der Waals surface area (Å²) in [6.07, 6.45) is 0.939. The highest BCUT2D eigenvalue weighted by Gasteiger charge is 2.58. The van der Waals surface area contributed by atoms with Gasteiger partial charge in [-0.1, -0.05) is 72.8 Å². The fourth-order valence-corrected chi connectivity index (χ4v) is 4.54. The van der Waals surface area contributed by atoms with E-state index in [2.05, 4.69) is 4.74 Å². The van der Waals surface area contributed by atoms with Crippen LogP contribution in [0, 0.1) is 5.92 Å². The predicted molar refractivity (Wildman–Crippen MR) is 136 cm³/mol. The Kier molecular flexibility index (Phi) is 6.90. The Labute approximate surface area is 218 Å². The topological polar surface area (TPSA) is 102 Å². The zero-order chi connectivity index (χ0) is 26.6. The number of methoxy groups -OCH3 is 1. The summed E-state index contributed by atoms with van der Waals surface area (Å²) >= 11 is 0. The largest absolute Gasteiger partial charge is 0.465 e. The molecule has 2 aliphatic rings. The summed E-state index contributed by atoms with van der Waals surface area (Å²) in [5.41, 5.74) is 1.96. The van der Waals surface area contributed by atoms with Crippen molar-refractivity contribution in [2.75, 3.05) is 13.7 Å². The molecule has 38 heavy (non-hydrogen) atoms. The Morgan fingerprint density at radius 1 is 0.921 bits per heavy atom. The molecule has 0 aromatic heterocycles. The van der Waals surface area contributed by atoms with Crippen LogP contribution in [0.4, 0.5) is 9.59 Å². The van der Waals surface area contributed by atoms with Crippen molar-refractivity contribution in [3.05, 3.63) is 108 Å². The molecule has 9 nitrogen and oxygen atoms in total. The van der Waals surface area contributed by atoms with Gasteiger partial charge in [-0.3, -0.25) is 9.69 Å². The second-order valence-corrected chi connectivity index (χ2v) is 8.71. The minimum atomic E-state index is -0.954. The van der Waals surface area contributed by atoms with Gasteiger partial charge in [0, 0.05) is 0 Å². The molecule has 0 bridgehead atoms. The molecule has 3 aromatic carbocycles. The third-order valence-corrected chi connectivity index (χ3v) is 6.46. The van der Waals surface area contributed by atoms with E-state index in [-0.39, 0.29) is 17.9 Å². The monoisotopic (exact) mass is 512 g/mol. The first-order valence-corrected chi connectivity index (χ1v) is 11.9. The lowest BCUT2D eigenvalue weighted by Crippen LogP contribution is -2.69. The van der Waals surface area contributed by atoms with Gasteiger partial charge in [-0.15, -0.1) is 0 Å². The molecule has 9 heteroatoms. The Balaban J connectivity index is 1.43. The molecule has 0 N–H and O–H groups in total. The van der Waals surface area contributed by atoms with E-state index in [1.165, 1.54) is 36.3 Å². The van der Waals surface area contributed by atoms with Crippen molar-refractivity contribution >= 4 is 30.1 Å². The summed E-state index contributed by atoms with van der Waals surface area (Å²) < 4.78 is 15.5. The van der Waals surface area contributed by atoms with Crippen LogP contribution in [0.1, 0.15) is 27.5 Å². The molecule has 0 radical (unpaired) electrons. The van der Waals surface area contributed by atoms with Crippen molar-refractivity contribution in [3.8, 4) is 5.75 Å². The van der Waals surface area contributed by atoms with Gasteiger partial charge in [-0.05, 0) is 35.4 Å². The molecule has 2 aliphatic heterocycles. The lowest BCUT2D eigenvalue weighted by atomic mass is 9.90. The first-order chi connectivity index (χ1) is 18.5. The van der Waals surface area contributed by atoms with Gasteiger partial charge in [0.1, 0.15) is 18.5 Å². The number of carbonyl (C=O) groups is 4. The third-order valence-electron chi connectivity index (χ3n) is 6.46. The van der Waals surface area contributed by atoms with Gasteiger partial charge in [0.25, 0.3) is 0 Å². The quantitative estimate of drug-likeness (QED) is 0.350. The summed E-state index contributed by atoms with van der Waals surface area (Å²) in [4.78, 5) is 53.4. The second kappa shape index (κ2) is 10.6. The van der Waals surface area contributed by atoms with Crippen molar-refractivity contribution in [3.63, 3.8) is 0 Å². The first kappa shape index (κ1) is 24.8. The van der Waals surface area contributed by atoms with Crippen LogP contribution in [0.15, 0.2) is 91.0 Å². The van der Waals surface area contributed by atoms with E-state index in [0.717, 1.165) is 16.0 Å². The van der Waals surface area contributed by atoms with E-state index < -0.39 is 42.2 Å². The van der Waals surface area contributed by atoms with Crippen LogP contribution in [0.25, 0.3) is 6.08 Å². The fraction of sp³-hybridized carbons (Fsp3) is 0.172. The van der Waals surface area contributed by atoms with Gasteiger partial charge in [0.2, 0.25) is 5.91 Å². The van der Waals surface area contributed by atoms with Crippen LogP contribution in [-0.2, 0) is 14.3 Å². The molecule has 0 aliphatic carbocycles. The minimum absolute atomic E-state index is 0.0839. The number of esters is 1. The predicted octanol–water partition coefficient (Wildman–Crippen LogP) is 4.66. The van der Waals surface area contributed by atoms with Gasteiger partial charge in [0.15, 0.2) is 0 Å². The van der Waals surface area contributed by atoms with Crippen molar-refractivity contribution in [2.24, 2.45) is 5.92 Å². The second-order valence-electron chi connectivity index (χ2n) is 8.71. The van der Waals surface area contributed by atoms with E-state index in [4.69, 9.17) is 9.47 Å². The number of nitrogens with zero attached hydrogens (tertiary/aromatic N) is 2. The Hall–Kier alpha value is -4.92. The standard InChI is InChI=1S/C29H24N2O7/c1-36-27(33)21-13-15-22(16-14-21)38-29(35)31-25(23(26(31)32)17-12-19-8-4-2-5-9-19)30-24(18-37-28(30)34)20-10-6-3-7-11-20/h2-17,23-25H,18H2,1H3/t23-,24-,25-/m1/s1. The van der Waals surface area contributed by atoms with Crippen molar-refractivity contribution < 1.29 is 33.4 Å². The summed E-state index contributed by atoms with van der Waals surface area (Å²) in [6, 6.07) is 23.9. The van der Waals surface area contributed by atoms with Gasteiger partial charge in [0.05, 0.1) is 24.6 Å². The lowest BCUT2D eigenvalue weighted by Gasteiger charge is -2.48. The van der Waals surface area contributed by atoms with Crippen LogP contribution in [0.3, 0.4) is 0 Å². The van der Waals surface area contributed by atoms with Crippen molar-refractivity contribution in [1.29, 1.82) is 0 Å². The summed E-state index contributed by atoms with van der Waals surface area (Å²) in [5.74, 6) is -1.71. The van der Waals surface area contributed by atoms with Gasteiger partial charge in [-0.25, -0.2) is 19.3 Å². The van der Waals surface area contributed by atoms with Crippen LogP contribution in [0.2, 0.25) is 0 Å². The maximum Gasteiger partial charge on any atom is 0.423 e. The number of rotatable bonds is 6. The highest BCUT2D eigenvalue weighted by Crippen LogP contribution is 2.40. The number of ether oxygens (including phenoxy) is 3. The number of likely N-dealkylation sites (tertiary alicyclic amines) is 1. The molecule has 3 aromatic rings. The zero-order valence-electron chi connectivity index (χ0n) is 20.4. The van der Waals surface area contributed by atoms with Crippen molar-refractivity contribution in [1.82, 2.24) is 9.80 Å². The number of carbonyl (C=O) groups excluding carboxylic acids is 4. The van der Waals surface area contributed by atoms with E-state index in [0.29, 0.717) is 0 Å². The number of β-lactam (4-membered cyclic amide) rings is 1. The number of hydrogen-bond donors (Lipinski definition) is 0. The summed E-state index contributed by atoms with van der Waals surface area (Å²) in [5, 5.41) is 0. The molecule has 2 saturated heterocycles. The lowest BCUT2D eigenvalue weighted by molar-refractivity contribution is -0.157. The van der Waals surface area contributed by atoms with Gasteiger partial charge >= 0.3 is 18.2 Å². The Bertz CT molecular complexity index is 1370. The molecular formula is C29H24N2O7. The smallest absolute Gasteiger partial charge is 0.423 e. The van der Waals surface area contributed by atoms with Crippen LogP contribution in [-0.4, -0.2) is 53.7 Å². The maximum absolute atomic E-state index is 13.2. The molecule has 2 fully saturated rings. The van der Waals surface area contributed by atoms with Gasteiger partial charge < -0.3 is 14.2 Å². The molecular weight excluding hydrogens is 488 g/mol. The Morgan fingerprint density at radius 3 is 2.24 bits per heavy atom. The molecule has 192 valence electrons. The molecule has 0 saturated carbocycles. The van der Waals surface area contributed by atoms with E-state index in [1.54, 1.807) is 12.2 Å². The normalized spacial score (nSPS) is 20.7. The molecule has 0 unspecified atom stereocenters. The molecule has 0 spiro atoms. The average Bonchev–Trinajstić information content (AvgIpc) is 3.32. The Morgan fingerprint density at radius 2 is 1.58 bits per heavy atom. The molecule has 2 heterocycles. The van der Waals surface area contributed by atoms with Gasteiger partial charge in [-0.2, -0.15) is 0 Å². The van der Waals surface area contributed by atoms with Crippen LogP contribution >= 0.6 is 0 Å². The van der Waals surface area contributed by atoms with E-state index >= 15 is 0 Å². The summed E-state index contributed by atoms with van der Waals surface area (Å²) in [7, 11) is 1.26. The van der Waals surface area contributed by atoms with Crippen LogP contribution in [0.5, 0.6) is 5.75 Å². The number of cyclic esters (lactones) is 1. The maximum atomic E-state index is 13.2. The third kappa shape index (κ3) is 4.73. The SMILES string of the molecule is COC(=O)c1ccc(OC(=O)N2C(=O)[C@H](C=Cc3ccccc3)[C@@H]2N2C(=O)OC[C@@H]2c2ccccc2)cc1. The van der Waals surface area contributed by atoms with E-state index in [1.807, 2.05) is 60.7 Å². The zero-order valence-corrected chi connectivity index (χ0v) is 20.4. The highest BCUT2D eigenvalue weighted by atomic mass is 16.6. The molecule has 3 amide bonds. The number of imide groups is 1.